The molecule has 0 atom stereocenters. The summed E-state index contributed by atoms with van der Waals surface area (Å²) in [5, 5.41) is 11.3. The van der Waals surface area contributed by atoms with E-state index >= 15 is 0 Å². The van der Waals surface area contributed by atoms with E-state index in [1.807, 2.05) is 100 Å². The summed E-state index contributed by atoms with van der Waals surface area (Å²) in [4.78, 5) is 20.5. The average molecular weight is 497 g/mol. The molecule has 6 heteroatoms. The number of hydrogen-bond acceptors (Lipinski definition) is 3. The molecule has 5 nitrogen and oxygen atoms in total. The maximum absolute atomic E-state index is 12.3. The van der Waals surface area contributed by atoms with E-state index in [2.05, 4.69) is 12.0 Å². The van der Waals surface area contributed by atoms with E-state index in [4.69, 9.17) is 9.90 Å². The van der Waals surface area contributed by atoms with Crippen LogP contribution in [0.3, 0.4) is 0 Å². The molecule has 1 N–H and O–H groups in total. The minimum Gasteiger partial charge on any atom is -0.665 e. The summed E-state index contributed by atoms with van der Waals surface area (Å²) < 4.78 is 1.87. The van der Waals surface area contributed by atoms with Crippen molar-refractivity contribution < 1.29 is 47.4 Å². The van der Waals surface area contributed by atoms with Gasteiger partial charge in [-0.25, -0.2) is 4.68 Å². The van der Waals surface area contributed by atoms with Crippen LogP contribution in [0.5, 0.6) is 0 Å². The van der Waals surface area contributed by atoms with Gasteiger partial charge in [0, 0.05) is 45.3 Å². The van der Waals surface area contributed by atoms with Crippen LogP contribution in [0.1, 0.15) is 61.3 Å². The molecule has 0 saturated carbocycles. The van der Waals surface area contributed by atoms with Gasteiger partial charge in [-0.05, 0) is 36.6 Å². The maximum atomic E-state index is 12.3. The Balaban J connectivity index is 0. The summed E-state index contributed by atoms with van der Waals surface area (Å²) in [7, 11) is 0. The van der Waals surface area contributed by atoms with Crippen molar-refractivity contribution in [3.05, 3.63) is 90.1 Å². The molecule has 3 rings (SSSR count). The maximum Gasteiger partial charge on any atom is 0.161 e. The third-order valence-corrected chi connectivity index (χ3v) is 3.92. The number of carbonyl (C=O) groups is 1. The van der Waals surface area contributed by atoms with E-state index in [0.29, 0.717) is 19.3 Å². The van der Waals surface area contributed by atoms with Crippen molar-refractivity contribution in [2.24, 2.45) is 0 Å². The number of carbonyl (C=O) groups excluding carboxylic acids is 1. The number of benzene rings is 2. The fourth-order valence-electron chi connectivity index (χ4n) is 2.54. The van der Waals surface area contributed by atoms with Gasteiger partial charge in [-0.3, -0.25) is 4.79 Å². The van der Waals surface area contributed by atoms with E-state index in [9.17, 15) is 4.79 Å². The molecular weight excluding hydrogens is 465 g/mol. The Bertz CT molecular complexity index is 860. The second kappa shape index (κ2) is 18.5. The van der Waals surface area contributed by atoms with Crippen molar-refractivity contribution in [3.8, 4) is 5.69 Å². The Morgan fingerprint density at radius 1 is 1.03 bits per heavy atom. The van der Waals surface area contributed by atoms with Gasteiger partial charge in [0.25, 0.3) is 0 Å². The molecule has 0 aliphatic heterocycles. The Hall–Kier alpha value is -2.24. The first kappa shape index (κ1) is 31.0. The standard InChI is InChI=1S/C20H19N2O.2C2H6.CHO2.Y/c1-15-8-10-17(11-9-15)20(23)13-12-18-14-22(21-16(18)2)19-6-4-3-5-7-19;2*1-2;2-1-3;/h3-11,14H,1,12-13H2,2H3;2*1-2H3;(H,2,3);/q-1;;;-1;. The molecule has 0 saturated heterocycles. The van der Waals surface area contributed by atoms with Crippen molar-refractivity contribution in [1.29, 1.82) is 0 Å². The van der Waals surface area contributed by atoms with Gasteiger partial charge in [0.1, 0.15) is 0 Å². The van der Waals surface area contributed by atoms with Gasteiger partial charge in [0.15, 0.2) is 5.78 Å². The van der Waals surface area contributed by atoms with E-state index in [-0.39, 0.29) is 38.5 Å². The van der Waals surface area contributed by atoms with Crippen molar-refractivity contribution in [3.63, 3.8) is 0 Å². The second-order valence-electron chi connectivity index (χ2n) is 5.73. The van der Waals surface area contributed by atoms with Crippen LogP contribution >= 0.6 is 0 Å². The molecule has 0 bridgehead atoms. The summed E-state index contributed by atoms with van der Waals surface area (Å²) in [6, 6.07) is 17.4. The van der Waals surface area contributed by atoms with Crippen LogP contribution in [0, 0.1) is 13.8 Å². The first-order chi connectivity index (χ1) is 14.5. The number of para-hydroxylation sites is 1. The zero-order chi connectivity index (χ0) is 22.9. The molecule has 0 amide bonds. The van der Waals surface area contributed by atoms with Crippen LogP contribution in [0.2, 0.25) is 0 Å². The van der Waals surface area contributed by atoms with Crippen molar-refractivity contribution in [1.82, 2.24) is 9.78 Å². The number of ketones is 1. The molecule has 165 valence electrons. The molecule has 0 fully saturated rings. The molecule has 0 spiro atoms. The average Bonchev–Trinajstić information content (AvgIpc) is 3.17. The predicted octanol–water partition coefficient (Wildman–Crippen LogP) is 5.84. The van der Waals surface area contributed by atoms with E-state index in [0.717, 1.165) is 28.1 Å². The van der Waals surface area contributed by atoms with Gasteiger partial charge >= 0.3 is 0 Å². The fraction of sp³-hybridized carbons (Fsp3) is 0.280. The number of rotatable bonds is 5. The zero-order valence-electron chi connectivity index (χ0n) is 19.1. The van der Waals surface area contributed by atoms with E-state index < -0.39 is 0 Å². The largest absolute Gasteiger partial charge is 0.665 e. The van der Waals surface area contributed by atoms with E-state index in [1.54, 1.807) is 0 Å². The molecule has 3 aromatic rings. The first-order valence-corrected chi connectivity index (χ1v) is 10.1. The number of aliphatic hydroxyl groups excluding tert-OH is 1. The number of nitrogens with zero attached hydrogens (tertiary/aromatic N) is 2. The minimum absolute atomic E-state index is 0. The van der Waals surface area contributed by atoms with Gasteiger partial charge in [-0.2, -0.15) is 29.7 Å². The molecule has 1 heterocycles. The van der Waals surface area contributed by atoms with Crippen LogP contribution in [0.25, 0.3) is 5.69 Å². The van der Waals surface area contributed by atoms with Gasteiger partial charge in [0.05, 0.1) is 11.4 Å². The first-order valence-electron chi connectivity index (χ1n) is 10.1. The third-order valence-electron chi connectivity index (χ3n) is 3.92. The van der Waals surface area contributed by atoms with Crippen molar-refractivity contribution in [2.45, 2.75) is 47.5 Å². The fourth-order valence-corrected chi connectivity index (χ4v) is 2.54. The smallest absolute Gasteiger partial charge is 0.161 e. The number of Topliss-reactive ketones (excluding diaryl/α,β-unsaturated/α-hetero) is 1. The molecular formula is C25H32N2O3Y-2. The SMILES string of the molecule is CC.CC.O=[C-]O.[CH2-]c1ccc(C(=O)CCc2cn(-c3ccccc3)nc2C)cc1.[Y]. The van der Waals surface area contributed by atoms with Crippen LogP contribution in [-0.2, 0) is 43.9 Å². The van der Waals surface area contributed by atoms with Crippen molar-refractivity contribution >= 4 is 12.3 Å². The van der Waals surface area contributed by atoms with Gasteiger partial charge < -0.3 is 9.90 Å². The summed E-state index contributed by atoms with van der Waals surface area (Å²) in [5.41, 5.74) is 4.76. The third kappa shape index (κ3) is 11.1. The Labute approximate surface area is 211 Å². The Morgan fingerprint density at radius 2 is 1.55 bits per heavy atom. The van der Waals surface area contributed by atoms with E-state index in [1.165, 1.54) is 0 Å². The molecule has 31 heavy (non-hydrogen) atoms. The number of aromatic nitrogens is 2. The van der Waals surface area contributed by atoms with Crippen LogP contribution in [0.15, 0.2) is 60.8 Å². The Morgan fingerprint density at radius 3 is 2.06 bits per heavy atom. The van der Waals surface area contributed by atoms with Crippen LogP contribution in [0.4, 0.5) is 0 Å². The topological polar surface area (TPSA) is 72.2 Å². The second-order valence-corrected chi connectivity index (χ2v) is 5.73. The summed E-state index contributed by atoms with van der Waals surface area (Å²) in [5.74, 6) is 0.150. The quantitative estimate of drug-likeness (QED) is 0.355. The van der Waals surface area contributed by atoms with Gasteiger partial charge in [-0.1, -0.05) is 52.4 Å². The molecule has 0 unspecified atom stereocenters. The zero-order valence-corrected chi connectivity index (χ0v) is 22.0. The normalized spacial score (nSPS) is 8.68. The summed E-state index contributed by atoms with van der Waals surface area (Å²) >= 11 is 0. The minimum atomic E-state index is 0. The van der Waals surface area contributed by atoms with Crippen LogP contribution in [-0.4, -0.2) is 27.1 Å². The molecule has 1 aromatic heterocycles. The van der Waals surface area contributed by atoms with Gasteiger partial charge in [-0.15, -0.1) is 12.1 Å². The number of hydrogen-bond donors (Lipinski definition) is 1. The summed E-state index contributed by atoms with van der Waals surface area (Å²) in [6.45, 7) is 14.3. The van der Waals surface area contributed by atoms with Crippen molar-refractivity contribution in [2.75, 3.05) is 0 Å². The molecule has 1 radical (unpaired) electrons. The molecule has 2 aromatic carbocycles. The summed E-state index contributed by atoms with van der Waals surface area (Å²) in [6.07, 6.45) is 3.19. The Kier molecular flexibility index (Phi) is 18.5. The van der Waals surface area contributed by atoms with Gasteiger partial charge in [0.2, 0.25) is 0 Å². The predicted molar refractivity (Wildman–Crippen MR) is 123 cm³/mol. The number of aryl methyl sites for hydroxylation is 2. The monoisotopic (exact) mass is 497 g/mol. The molecule has 0 aliphatic carbocycles. The molecule has 0 aliphatic rings. The van der Waals surface area contributed by atoms with Crippen LogP contribution < -0.4 is 0 Å².